The Kier molecular flexibility index (Phi) is 3.62. The highest BCUT2D eigenvalue weighted by Gasteiger charge is 2.25. The van der Waals surface area contributed by atoms with Gasteiger partial charge in [0.1, 0.15) is 9.88 Å². The van der Waals surface area contributed by atoms with Crippen LogP contribution in [0, 0.1) is 0 Å². The predicted octanol–water partition coefficient (Wildman–Crippen LogP) is 0.197. The Hall–Kier alpha value is -1.76. The third-order valence-corrected chi connectivity index (χ3v) is 3.54. The number of hydrogen-bond donors (Lipinski definition) is 2. The van der Waals surface area contributed by atoms with Crippen molar-refractivity contribution in [3.63, 3.8) is 0 Å². The van der Waals surface area contributed by atoms with Gasteiger partial charge >= 0.3 is 0 Å². The monoisotopic (exact) mass is 256 g/mol. The minimum Gasteiger partial charge on any atom is -0.397 e. The minimum absolute atomic E-state index is 0.157. The van der Waals surface area contributed by atoms with Crippen LogP contribution in [-0.4, -0.2) is 44.9 Å². The molecule has 4 N–H and O–H groups in total. The second-order valence-electron chi connectivity index (χ2n) is 3.98. The van der Waals surface area contributed by atoms with Gasteiger partial charge in [0, 0.05) is 28.2 Å². The summed E-state index contributed by atoms with van der Waals surface area (Å²) in [5.41, 5.74) is 11.5. The first-order valence-electron chi connectivity index (χ1n) is 4.88. The van der Waals surface area contributed by atoms with E-state index in [1.807, 2.05) is 0 Å². The summed E-state index contributed by atoms with van der Waals surface area (Å²) >= 11 is 1.17. The molecule has 0 radical (unpaired) electrons. The van der Waals surface area contributed by atoms with Crippen LogP contribution in [0.3, 0.4) is 0 Å². The van der Waals surface area contributed by atoms with Gasteiger partial charge in [-0.15, -0.1) is 11.3 Å². The van der Waals surface area contributed by atoms with Crippen LogP contribution >= 0.6 is 11.3 Å². The molecule has 0 atom stereocenters. The third-order valence-electron chi connectivity index (χ3n) is 2.18. The van der Waals surface area contributed by atoms with Crippen molar-refractivity contribution in [1.82, 2.24) is 4.90 Å². The average Bonchev–Trinajstić information content (AvgIpc) is 2.54. The number of nitrogens with zero attached hydrogens (tertiary/aromatic N) is 2. The Morgan fingerprint density at radius 3 is 2.00 bits per heavy atom. The van der Waals surface area contributed by atoms with E-state index in [4.69, 9.17) is 11.5 Å². The molecule has 94 valence electrons. The Balaban J connectivity index is 3.42. The lowest BCUT2D eigenvalue weighted by molar-refractivity contribution is 0.0833. The zero-order chi connectivity index (χ0) is 13.3. The molecule has 0 bridgehead atoms. The van der Waals surface area contributed by atoms with E-state index in [1.165, 1.54) is 16.2 Å². The lowest BCUT2D eigenvalue weighted by atomic mass is 10.2. The Bertz CT molecular complexity index is 465. The molecule has 1 rings (SSSR count). The molecule has 6 nitrogen and oxygen atoms in total. The first-order valence-corrected chi connectivity index (χ1v) is 5.70. The number of hydrogen-bond acceptors (Lipinski definition) is 5. The second kappa shape index (κ2) is 4.62. The summed E-state index contributed by atoms with van der Waals surface area (Å²) in [6.07, 6.45) is 0. The third kappa shape index (κ3) is 2.33. The zero-order valence-electron chi connectivity index (χ0n) is 10.3. The summed E-state index contributed by atoms with van der Waals surface area (Å²) in [7, 11) is 6.78. The predicted molar refractivity (Wildman–Crippen MR) is 69.6 cm³/mol. The number of nitrogens with two attached hydrogens (primary N) is 2. The number of carbonyl (C=O) groups excluding carboxylic acids is 2. The molecule has 17 heavy (non-hydrogen) atoms. The van der Waals surface area contributed by atoms with Crippen LogP contribution in [0.1, 0.15) is 20.0 Å². The van der Waals surface area contributed by atoms with Crippen molar-refractivity contribution < 1.29 is 9.59 Å². The van der Waals surface area contributed by atoms with E-state index in [1.54, 1.807) is 33.1 Å². The molecule has 1 aromatic rings. The molecule has 0 aliphatic heterocycles. The molecule has 1 heterocycles. The van der Waals surface area contributed by atoms with Crippen molar-refractivity contribution in [3.05, 3.63) is 10.4 Å². The fraction of sp³-hybridized carbons (Fsp3) is 0.400. The lowest BCUT2D eigenvalue weighted by Crippen LogP contribution is -2.22. The molecule has 1 aromatic heterocycles. The number of primary amides is 1. The molecular formula is C10H16N4O2S. The Morgan fingerprint density at radius 1 is 1.18 bits per heavy atom. The molecule has 0 aliphatic rings. The molecule has 0 fully saturated rings. The van der Waals surface area contributed by atoms with Crippen molar-refractivity contribution >= 4 is 33.8 Å². The van der Waals surface area contributed by atoms with E-state index in [-0.39, 0.29) is 17.2 Å². The molecule has 0 aliphatic carbocycles. The van der Waals surface area contributed by atoms with Crippen LogP contribution in [0.15, 0.2) is 0 Å². The van der Waals surface area contributed by atoms with Crippen LogP contribution in [0.4, 0.5) is 10.7 Å². The molecule has 0 saturated heterocycles. The number of rotatable bonds is 3. The second-order valence-corrected chi connectivity index (χ2v) is 4.98. The Labute approximate surface area is 104 Å². The van der Waals surface area contributed by atoms with Crippen molar-refractivity contribution in [2.75, 3.05) is 38.8 Å². The van der Waals surface area contributed by atoms with Gasteiger partial charge in [-0.25, -0.2) is 0 Å². The summed E-state index contributed by atoms with van der Waals surface area (Å²) < 4.78 is 0. The van der Waals surface area contributed by atoms with Gasteiger partial charge in [0.05, 0.1) is 11.3 Å². The summed E-state index contributed by atoms with van der Waals surface area (Å²) in [6.45, 7) is 0. The quantitative estimate of drug-likeness (QED) is 0.807. The fourth-order valence-electron chi connectivity index (χ4n) is 1.35. The number of anilines is 2. The molecule has 0 aromatic carbocycles. The van der Waals surface area contributed by atoms with Gasteiger partial charge in [-0.3, -0.25) is 9.59 Å². The minimum atomic E-state index is -0.625. The summed E-state index contributed by atoms with van der Waals surface area (Å²) in [5, 5.41) is 0.597. The number of carbonyl (C=O) groups is 2. The smallest absolute Gasteiger partial charge is 0.265 e. The van der Waals surface area contributed by atoms with Crippen LogP contribution in [-0.2, 0) is 0 Å². The standard InChI is InChI=1S/C10H16N4O2S/c1-13(2)9(16)7-6(11)5(8(12)15)10(17-7)14(3)4/h11H2,1-4H3,(H2,12,15). The average molecular weight is 256 g/mol. The first kappa shape index (κ1) is 13.3. The van der Waals surface area contributed by atoms with E-state index >= 15 is 0 Å². The summed E-state index contributed by atoms with van der Waals surface area (Å²) in [6, 6.07) is 0. The maximum atomic E-state index is 11.9. The van der Waals surface area contributed by atoms with E-state index in [0.29, 0.717) is 9.88 Å². The highest BCUT2D eigenvalue weighted by molar-refractivity contribution is 7.19. The van der Waals surface area contributed by atoms with Crippen molar-refractivity contribution in [2.24, 2.45) is 5.73 Å². The molecule has 0 spiro atoms. The van der Waals surface area contributed by atoms with Gasteiger partial charge in [0.2, 0.25) is 0 Å². The van der Waals surface area contributed by atoms with Crippen molar-refractivity contribution in [3.8, 4) is 0 Å². The highest BCUT2D eigenvalue weighted by atomic mass is 32.1. The highest BCUT2D eigenvalue weighted by Crippen LogP contribution is 2.37. The maximum absolute atomic E-state index is 11.9. The van der Waals surface area contributed by atoms with E-state index in [9.17, 15) is 9.59 Å². The SMILES string of the molecule is CN(C)C(=O)c1sc(N(C)C)c(C(N)=O)c1N. The molecular weight excluding hydrogens is 240 g/mol. The normalized spacial score (nSPS) is 10.1. The number of nitrogen functional groups attached to an aromatic ring is 1. The van der Waals surface area contributed by atoms with Crippen molar-refractivity contribution in [2.45, 2.75) is 0 Å². The van der Waals surface area contributed by atoms with Crippen LogP contribution in [0.25, 0.3) is 0 Å². The number of thiophene rings is 1. The fourth-order valence-corrected chi connectivity index (χ4v) is 2.52. The molecule has 0 unspecified atom stereocenters. The zero-order valence-corrected chi connectivity index (χ0v) is 11.1. The van der Waals surface area contributed by atoms with Crippen LogP contribution in [0.2, 0.25) is 0 Å². The number of amides is 2. The van der Waals surface area contributed by atoms with Crippen LogP contribution < -0.4 is 16.4 Å². The van der Waals surface area contributed by atoms with E-state index < -0.39 is 5.91 Å². The largest absolute Gasteiger partial charge is 0.397 e. The topological polar surface area (TPSA) is 92.7 Å². The van der Waals surface area contributed by atoms with Gasteiger partial charge in [-0.05, 0) is 0 Å². The van der Waals surface area contributed by atoms with Gasteiger partial charge in [0.15, 0.2) is 0 Å². The van der Waals surface area contributed by atoms with E-state index in [2.05, 4.69) is 0 Å². The molecule has 2 amide bonds. The molecule has 0 saturated carbocycles. The lowest BCUT2D eigenvalue weighted by Gasteiger charge is -2.10. The van der Waals surface area contributed by atoms with Gasteiger partial charge in [-0.1, -0.05) is 0 Å². The van der Waals surface area contributed by atoms with Crippen LogP contribution in [0.5, 0.6) is 0 Å². The summed E-state index contributed by atoms with van der Waals surface area (Å²) in [5.74, 6) is -0.858. The Morgan fingerprint density at radius 2 is 1.71 bits per heavy atom. The molecule has 7 heteroatoms. The van der Waals surface area contributed by atoms with Gasteiger partial charge < -0.3 is 21.3 Å². The van der Waals surface area contributed by atoms with Gasteiger partial charge in [-0.2, -0.15) is 0 Å². The first-order chi connectivity index (χ1) is 7.77. The maximum Gasteiger partial charge on any atom is 0.265 e. The van der Waals surface area contributed by atoms with E-state index in [0.717, 1.165) is 0 Å². The van der Waals surface area contributed by atoms with Gasteiger partial charge in [0.25, 0.3) is 11.8 Å². The van der Waals surface area contributed by atoms with Crippen molar-refractivity contribution in [1.29, 1.82) is 0 Å². The summed E-state index contributed by atoms with van der Waals surface area (Å²) in [4.78, 5) is 26.7.